The SMILES string of the molecule is COc1ccc(CCCN(c2ccc(F)c(NC(=O)c3csc4c(Cl)ncnc34)c2F)S(=O)[O-])cc1. The molecule has 1 atom stereocenters. The number of halogens is 3. The minimum Gasteiger partial charge on any atom is -0.755 e. The largest absolute Gasteiger partial charge is 0.755 e. The lowest BCUT2D eigenvalue weighted by Gasteiger charge is -2.27. The van der Waals surface area contributed by atoms with Crippen molar-refractivity contribution in [3.05, 3.63) is 76.0 Å². The molecular weight excluding hydrogens is 534 g/mol. The predicted molar refractivity (Wildman–Crippen MR) is 134 cm³/mol. The molecule has 13 heteroatoms. The summed E-state index contributed by atoms with van der Waals surface area (Å²) < 4.78 is 60.0. The van der Waals surface area contributed by atoms with Crippen LogP contribution >= 0.6 is 22.9 Å². The molecule has 36 heavy (non-hydrogen) atoms. The molecule has 4 aromatic rings. The van der Waals surface area contributed by atoms with Crippen molar-refractivity contribution in [1.29, 1.82) is 0 Å². The summed E-state index contributed by atoms with van der Waals surface area (Å²) in [5.41, 5.74) is 0.0484. The molecule has 1 amide bonds. The lowest BCUT2D eigenvalue weighted by molar-refractivity contribution is 0.102. The zero-order valence-corrected chi connectivity index (χ0v) is 21.1. The summed E-state index contributed by atoms with van der Waals surface area (Å²) in [7, 11) is 1.55. The van der Waals surface area contributed by atoms with Crippen LogP contribution in [-0.4, -0.2) is 38.3 Å². The van der Waals surface area contributed by atoms with Crippen molar-refractivity contribution in [3.8, 4) is 5.75 Å². The Balaban J connectivity index is 1.54. The minimum atomic E-state index is -2.85. The molecule has 0 aliphatic heterocycles. The third-order valence-electron chi connectivity index (χ3n) is 5.30. The van der Waals surface area contributed by atoms with Crippen LogP contribution < -0.4 is 14.4 Å². The number of nitrogens with one attached hydrogen (secondary N) is 1. The first kappa shape index (κ1) is 25.9. The van der Waals surface area contributed by atoms with E-state index in [2.05, 4.69) is 15.3 Å². The van der Waals surface area contributed by atoms with Gasteiger partial charge >= 0.3 is 0 Å². The van der Waals surface area contributed by atoms with E-state index in [9.17, 15) is 17.9 Å². The van der Waals surface area contributed by atoms with Gasteiger partial charge in [-0.2, -0.15) is 0 Å². The van der Waals surface area contributed by atoms with Crippen LogP contribution in [-0.2, 0) is 17.7 Å². The lowest BCUT2D eigenvalue weighted by atomic mass is 10.1. The van der Waals surface area contributed by atoms with Crippen molar-refractivity contribution >= 4 is 61.7 Å². The highest BCUT2D eigenvalue weighted by Crippen LogP contribution is 2.32. The fourth-order valence-electron chi connectivity index (χ4n) is 3.51. The molecule has 0 saturated carbocycles. The fourth-order valence-corrected chi connectivity index (χ4v) is 5.23. The number of ether oxygens (including phenoxy) is 1. The molecular formula is C23H18ClF2N4O4S2-. The molecule has 1 unspecified atom stereocenters. The standard InChI is InChI=1S/C23H19ClF2N4O4S2/c1-34-14-6-4-13(5-7-14)3-2-10-30(36(32)33)17-9-8-16(25)20(18(17)26)29-23(31)15-11-35-21-19(15)27-12-28-22(21)24/h4-9,11-12H,2-3,10H2,1H3,(H,29,31)(H,32,33)/p-1. The number of anilines is 2. The summed E-state index contributed by atoms with van der Waals surface area (Å²) in [6, 6.07) is 9.15. The Kier molecular flexibility index (Phi) is 8.09. The number of aromatic nitrogens is 2. The molecule has 2 heterocycles. The maximum Gasteiger partial charge on any atom is 0.258 e. The van der Waals surface area contributed by atoms with Gasteiger partial charge in [0.05, 0.1) is 28.6 Å². The number of hydrogen-bond donors (Lipinski definition) is 1. The summed E-state index contributed by atoms with van der Waals surface area (Å²) in [6.45, 7) is -0.0668. The zero-order chi connectivity index (χ0) is 25.8. The number of nitrogens with zero attached hydrogens (tertiary/aromatic N) is 3. The van der Waals surface area contributed by atoms with Crippen molar-refractivity contribution in [2.24, 2.45) is 0 Å². The van der Waals surface area contributed by atoms with Gasteiger partial charge in [-0.05, 0) is 42.7 Å². The zero-order valence-electron chi connectivity index (χ0n) is 18.7. The molecule has 4 rings (SSSR count). The van der Waals surface area contributed by atoms with Gasteiger partial charge in [0.1, 0.15) is 28.7 Å². The van der Waals surface area contributed by atoms with E-state index in [1.165, 1.54) is 11.7 Å². The van der Waals surface area contributed by atoms with Crippen LogP contribution in [0.3, 0.4) is 0 Å². The number of carbonyl (C=O) groups excluding carboxylic acids is 1. The Hall–Kier alpha value is -3.19. The van der Waals surface area contributed by atoms with Crippen LogP contribution in [0.4, 0.5) is 20.2 Å². The van der Waals surface area contributed by atoms with Crippen LogP contribution in [0.15, 0.2) is 48.1 Å². The second-order valence-electron chi connectivity index (χ2n) is 7.47. The highest BCUT2D eigenvalue weighted by molar-refractivity contribution is 7.80. The first-order valence-electron chi connectivity index (χ1n) is 10.5. The summed E-state index contributed by atoms with van der Waals surface area (Å²) in [6.07, 6.45) is 2.04. The Morgan fingerprint density at radius 2 is 1.97 bits per heavy atom. The second-order valence-corrected chi connectivity index (χ2v) is 9.58. The molecule has 188 valence electrons. The van der Waals surface area contributed by atoms with Gasteiger partial charge in [0.15, 0.2) is 5.82 Å². The first-order chi connectivity index (χ1) is 17.3. The van der Waals surface area contributed by atoms with Gasteiger partial charge in [-0.15, -0.1) is 11.3 Å². The number of fused-ring (bicyclic) bond motifs is 1. The number of benzene rings is 2. The highest BCUT2D eigenvalue weighted by Gasteiger charge is 2.23. The molecule has 2 aromatic heterocycles. The van der Waals surface area contributed by atoms with Crippen LogP contribution in [0.1, 0.15) is 22.3 Å². The Bertz CT molecular complexity index is 1440. The molecule has 0 spiro atoms. The third-order valence-corrected chi connectivity index (χ3v) is 7.41. The normalized spacial score (nSPS) is 11.9. The summed E-state index contributed by atoms with van der Waals surface area (Å²) in [5.74, 6) is -2.42. The quantitative estimate of drug-likeness (QED) is 0.229. The molecule has 0 bridgehead atoms. The smallest absolute Gasteiger partial charge is 0.258 e. The lowest BCUT2D eigenvalue weighted by Crippen LogP contribution is -2.28. The first-order valence-corrected chi connectivity index (χ1v) is 12.8. The number of aryl methyl sites for hydroxylation is 1. The monoisotopic (exact) mass is 551 g/mol. The van der Waals surface area contributed by atoms with Crippen molar-refractivity contribution < 1.29 is 27.1 Å². The van der Waals surface area contributed by atoms with Crippen LogP contribution in [0.5, 0.6) is 5.75 Å². The molecule has 0 saturated heterocycles. The van der Waals surface area contributed by atoms with E-state index in [0.29, 0.717) is 23.3 Å². The average Bonchev–Trinajstić information content (AvgIpc) is 3.31. The molecule has 0 aliphatic carbocycles. The van der Waals surface area contributed by atoms with E-state index >= 15 is 4.39 Å². The summed E-state index contributed by atoms with van der Waals surface area (Å²) >= 11 is 4.26. The van der Waals surface area contributed by atoms with Crippen LogP contribution in [0.25, 0.3) is 10.2 Å². The van der Waals surface area contributed by atoms with Gasteiger partial charge in [0.25, 0.3) is 5.91 Å². The van der Waals surface area contributed by atoms with Crippen molar-refractivity contribution in [3.63, 3.8) is 0 Å². The predicted octanol–water partition coefficient (Wildman–Crippen LogP) is 5.12. The third kappa shape index (κ3) is 5.46. The van der Waals surface area contributed by atoms with Gasteiger partial charge in [-0.25, -0.2) is 18.7 Å². The van der Waals surface area contributed by atoms with Gasteiger partial charge in [-0.1, -0.05) is 23.7 Å². The van der Waals surface area contributed by atoms with Crippen molar-refractivity contribution in [2.45, 2.75) is 12.8 Å². The van der Waals surface area contributed by atoms with E-state index < -0.39 is 40.2 Å². The van der Waals surface area contributed by atoms with Gasteiger partial charge in [0.2, 0.25) is 0 Å². The number of methoxy groups -OCH3 is 1. The second kappa shape index (κ2) is 11.2. The Morgan fingerprint density at radius 3 is 2.67 bits per heavy atom. The highest BCUT2D eigenvalue weighted by atomic mass is 35.5. The number of rotatable bonds is 9. The topological polar surface area (TPSA) is 107 Å². The van der Waals surface area contributed by atoms with Crippen molar-refractivity contribution in [2.75, 3.05) is 23.3 Å². The number of carbonyl (C=O) groups is 1. The summed E-state index contributed by atoms with van der Waals surface area (Å²) in [5, 5.41) is 3.78. The number of amides is 1. The van der Waals surface area contributed by atoms with E-state index in [1.807, 2.05) is 12.1 Å². The minimum absolute atomic E-state index is 0.0484. The van der Waals surface area contributed by atoms with Crippen LogP contribution in [0.2, 0.25) is 5.15 Å². The molecule has 0 radical (unpaired) electrons. The van der Waals surface area contributed by atoms with Crippen LogP contribution in [0, 0.1) is 11.6 Å². The van der Waals surface area contributed by atoms with E-state index in [1.54, 1.807) is 19.2 Å². The maximum absolute atomic E-state index is 15.3. The van der Waals surface area contributed by atoms with E-state index in [0.717, 1.165) is 33.3 Å². The van der Waals surface area contributed by atoms with Gasteiger partial charge < -0.3 is 14.6 Å². The average molecular weight is 552 g/mol. The molecule has 1 N–H and O–H groups in total. The Labute approximate surface area is 216 Å². The van der Waals surface area contributed by atoms with Gasteiger partial charge in [-0.3, -0.25) is 13.3 Å². The van der Waals surface area contributed by atoms with E-state index in [4.69, 9.17) is 16.3 Å². The molecule has 8 nitrogen and oxygen atoms in total. The molecule has 0 fully saturated rings. The van der Waals surface area contributed by atoms with E-state index in [-0.39, 0.29) is 22.8 Å². The fraction of sp³-hybridized carbons (Fsp3) is 0.174. The summed E-state index contributed by atoms with van der Waals surface area (Å²) in [4.78, 5) is 20.7. The maximum atomic E-state index is 15.3. The molecule has 0 aliphatic rings. The van der Waals surface area contributed by atoms with Gasteiger partial charge in [0, 0.05) is 23.2 Å². The van der Waals surface area contributed by atoms with Crippen molar-refractivity contribution in [1.82, 2.24) is 9.97 Å². The number of thiophene rings is 1. The molecule has 2 aromatic carbocycles. The number of hydrogen-bond acceptors (Lipinski definition) is 7. The Morgan fingerprint density at radius 1 is 1.22 bits per heavy atom.